The average Bonchev–Trinajstić information content (AvgIpc) is 2.80. The third-order valence-electron chi connectivity index (χ3n) is 5.83. The molecule has 1 N–H and O–H groups in total. The minimum absolute atomic E-state index is 0.0591. The Morgan fingerprint density at radius 1 is 1.00 bits per heavy atom. The van der Waals surface area contributed by atoms with Crippen molar-refractivity contribution in [2.45, 2.75) is 13.8 Å². The molecule has 0 saturated carbocycles. The molecule has 2 aromatic carbocycles. The van der Waals surface area contributed by atoms with Crippen LogP contribution >= 0.6 is 0 Å². The fraction of sp³-hybridized carbons (Fsp3) is 0.286. The summed E-state index contributed by atoms with van der Waals surface area (Å²) in [5.74, 6) is 1.11. The highest BCUT2D eigenvalue weighted by molar-refractivity contribution is 6.09. The number of hydrogen-bond donors (Lipinski definition) is 1. The summed E-state index contributed by atoms with van der Waals surface area (Å²) in [6.45, 7) is 4.82. The zero-order valence-corrected chi connectivity index (χ0v) is 20.3. The van der Waals surface area contributed by atoms with Crippen molar-refractivity contribution >= 4 is 22.6 Å². The molecule has 1 heterocycles. The highest BCUT2D eigenvalue weighted by Gasteiger charge is 2.22. The number of nitrogens with one attached hydrogen (secondary N) is 1. The second kappa shape index (κ2) is 9.10. The van der Waals surface area contributed by atoms with Crippen LogP contribution in [0.25, 0.3) is 33.4 Å². The van der Waals surface area contributed by atoms with E-state index in [0.29, 0.717) is 18.0 Å². The topological polar surface area (TPSA) is 48.5 Å². The van der Waals surface area contributed by atoms with Crippen LogP contribution in [0.2, 0.25) is 0 Å². The molecule has 1 aliphatic carbocycles. The van der Waals surface area contributed by atoms with Crippen LogP contribution in [0.1, 0.15) is 24.2 Å². The summed E-state index contributed by atoms with van der Waals surface area (Å²) in [6.07, 6.45) is 0. The SMILES string of the molecule is CC(C)CNC(=O)c1ccccc1-c1c2ccc(=[N+](C)C)cc-2oc2cc(N(C)C)ccc12. The van der Waals surface area contributed by atoms with Gasteiger partial charge in [-0.25, -0.2) is 4.58 Å². The number of benzene rings is 3. The lowest BCUT2D eigenvalue weighted by Gasteiger charge is -2.19. The third kappa shape index (κ3) is 4.49. The standard InChI is InChI=1S/C28H31N3O2/c1-18(2)17-29-28(32)22-10-8-7-9-21(22)27-23-13-11-19(30(3)4)15-25(23)33-26-16-20(31(5)6)12-14-24(26)27/h7-16,18H,17H2,1-6H3/p+1. The minimum atomic E-state index is -0.0591. The number of carbonyl (C=O) groups excluding carboxylic acids is 1. The first-order chi connectivity index (χ1) is 15.8. The number of nitrogens with zero attached hydrogens (tertiary/aromatic N) is 2. The molecule has 0 bridgehead atoms. The average molecular weight is 443 g/mol. The lowest BCUT2D eigenvalue weighted by molar-refractivity contribution is 0.0949. The molecule has 0 spiro atoms. The molecule has 0 atom stereocenters. The lowest BCUT2D eigenvalue weighted by atomic mass is 9.90. The van der Waals surface area contributed by atoms with Gasteiger partial charge in [0.1, 0.15) is 25.4 Å². The summed E-state index contributed by atoms with van der Waals surface area (Å²) >= 11 is 0. The van der Waals surface area contributed by atoms with Crippen molar-refractivity contribution in [3.63, 3.8) is 0 Å². The van der Waals surface area contributed by atoms with Crippen molar-refractivity contribution < 1.29 is 9.21 Å². The van der Waals surface area contributed by atoms with Crippen LogP contribution in [0.15, 0.2) is 65.1 Å². The molecule has 170 valence electrons. The molecule has 1 amide bonds. The molecule has 4 rings (SSSR count). The largest absolute Gasteiger partial charge is 0.456 e. The van der Waals surface area contributed by atoms with Gasteiger partial charge in [0.05, 0.1) is 6.07 Å². The van der Waals surface area contributed by atoms with Gasteiger partial charge in [-0.3, -0.25) is 4.79 Å². The van der Waals surface area contributed by atoms with Crippen molar-refractivity contribution in [3.8, 4) is 22.5 Å². The van der Waals surface area contributed by atoms with E-state index < -0.39 is 0 Å². The Hall–Kier alpha value is -3.60. The Labute approximate surface area is 195 Å². The Bertz CT molecular complexity index is 1360. The molecule has 0 fully saturated rings. The Morgan fingerprint density at radius 3 is 2.45 bits per heavy atom. The van der Waals surface area contributed by atoms with Crippen LogP contribution in [0.5, 0.6) is 0 Å². The maximum absolute atomic E-state index is 13.2. The van der Waals surface area contributed by atoms with Gasteiger partial charge in [0, 0.05) is 60.5 Å². The predicted molar refractivity (Wildman–Crippen MR) is 137 cm³/mol. The van der Waals surface area contributed by atoms with Crippen molar-refractivity contribution in [2.75, 3.05) is 39.6 Å². The van der Waals surface area contributed by atoms with Crippen LogP contribution in [-0.2, 0) is 0 Å². The maximum Gasteiger partial charge on any atom is 0.251 e. The first-order valence-corrected chi connectivity index (χ1v) is 11.3. The lowest BCUT2D eigenvalue weighted by Crippen LogP contribution is -2.27. The maximum atomic E-state index is 13.2. The predicted octanol–water partition coefficient (Wildman–Crippen LogP) is 4.69. The van der Waals surface area contributed by atoms with Gasteiger partial charge >= 0.3 is 0 Å². The van der Waals surface area contributed by atoms with Crippen LogP contribution < -0.4 is 20.1 Å². The van der Waals surface area contributed by atoms with E-state index >= 15 is 0 Å². The van der Waals surface area contributed by atoms with Crippen molar-refractivity contribution in [1.29, 1.82) is 0 Å². The normalized spacial score (nSPS) is 11.2. The van der Waals surface area contributed by atoms with Crippen LogP contribution in [0.4, 0.5) is 5.69 Å². The second-order valence-corrected chi connectivity index (χ2v) is 9.28. The van der Waals surface area contributed by atoms with Crippen LogP contribution in [0, 0.1) is 5.92 Å². The molecule has 2 aliphatic rings. The molecular formula is C28H32N3O2+. The van der Waals surface area contributed by atoms with Gasteiger partial charge in [-0.05, 0) is 35.7 Å². The summed E-state index contributed by atoms with van der Waals surface area (Å²) in [4.78, 5) is 15.2. The smallest absolute Gasteiger partial charge is 0.251 e. The zero-order chi connectivity index (χ0) is 23.7. The quantitative estimate of drug-likeness (QED) is 0.360. The van der Waals surface area contributed by atoms with E-state index in [0.717, 1.165) is 44.5 Å². The zero-order valence-electron chi connectivity index (χ0n) is 20.3. The van der Waals surface area contributed by atoms with Gasteiger partial charge in [0.2, 0.25) is 5.36 Å². The van der Waals surface area contributed by atoms with Gasteiger partial charge in [-0.2, -0.15) is 0 Å². The highest BCUT2D eigenvalue weighted by Crippen LogP contribution is 2.41. The van der Waals surface area contributed by atoms with Crippen molar-refractivity contribution in [2.24, 2.45) is 5.92 Å². The molecule has 33 heavy (non-hydrogen) atoms. The molecule has 0 saturated heterocycles. The number of fused-ring (bicyclic) bond motifs is 2. The van der Waals surface area contributed by atoms with Gasteiger partial charge in [-0.1, -0.05) is 32.0 Å². The Balaban J connectivity index is 2.04. The van der Waals surface area contributed by atoms with E-state index in [1.807, 2.05) is 52.5 Å². The summed E-state index contributed by atoms with van der Waals surface area (Å²) < 4.78 is 8.47. The summed E-state index contributed by atoms with van der Waals surface area (Å²) in [5, 5.41) is 5.12. The third-order valence-corrected chi connectivity index (χ3v) is 5.83. The molecule has 0 aromatic heterocycles. The van der Waals surface area contributed by atoms with Crippen LogP contribution in [0.3, 0.4) is 0 Å². The van der Waals surface area contributed by atoms with E-state index in [1.54, 1.807) is 0 Å². The van der Waals surface area contributed by atoms with Crippen molar-refractivity contribution in [1.82, 2.24) is 9.89 Å². The molecule has 5 nitrogen and oxygen atoms in total. The molecular weight excluding hydrogens is 410 g/mol. The van der Waals surface area contributed by atoms with Gasteiger partial charge < -0.3 is 14.6 Å². The van der Waals surface area contributed by atoms with Gasteiger partial charge in [0.25, 0.3) is 5.91 Å². The van der Waals surface area contributed by atoms with E-state index in [-0.39, 0.29) is 5.91 Å². The monoisotopic (exact) mass is 442 g/mol. The van der Waals surface area contributed by atoms with Crippen LogP contribution in [-0.4, -0.2) is 40.6 Å². The minimum Gasteiger partial charge on any atom is -0.456 e. The van der Waals surface area contributed by atoms with E-state index in [4.69, 9.17) is 4.42 Å². The van der Waals surface area contributed by atoms with E-state index in [2.05, 4.69) is 65.0 Å². The second-order valence-electron chi connectivity index (χ2n) is 9.28. The number of carbonyl (C=O) groups is 1. The van der Waals surface area contributed by atoms with Crippen molar-refractivity contribution in [3.05, 3.63) is 71.6 Å². The molecule has 2 aromatic rings. The first kappa shape index (κ1) is 22.6. The summed E-state index contributed by atoms with van der Waals surface area (Å²) in [7, 11) is 8.06. The Morgan fingerprint density at radius 2 is 1.76 bits per heavy atom. The fourth-order valence-corrected chi connectivity index (χ4v) is 4.01. The Kier molecular flexibility index (Phi) is 6.23. The first-order valence-electron chi connectivity index (χ1n) is 11.3. The molecule has 1 aliphatic heterocycles. The number of rotatable bonds is 5. The summed E-state index contributed by atoms with van der Waals surface area (Å²) in [5.41, 5.74) is 5.41. The highest BCUT2D eigenvalue weighted by atomic mass is 16.3. The number of anilines is 1. The molecule has 0 unspecified atom stereocenters. The summed E-state index contributed by atoms with van der Waals surface area (Å²) in [6, 6.07) is 20.3. The number of amides is 1. The van der Waals surface area contributed by atoms with Gasteiger partial charge in [-0.15, -0.1) is 0 Å². The van der Waals surface area contributed by atoms with E-state index in [1.165, 1.54) is 0 Å². The van der Waals surface area contributed by atoms with Gasteiger partial charge in [0.15, 0.2) is 0 Å². The molecule has 5 heteroatoms. The fourth-order valence-electron chi connectivity index (χ4n) is 4.01. The molecule has 0 radical (unpaired) electrons. The van der Waals surface area contributed by atoms with E-state index in [9.17, 15) is 4.79 Å². The number of hydrogen-bond acceptors (Lipinski definition) is 3.